The fourth-order valence-corrected chi connectivity index (χ4v) is 3.26. The molecule has 1 aromatic rings. The lowest BCUT2D eigenvalue weighted by Gasteiger charge is -2.34. The minimum absolute atomic E-state index is 0.284. The van der Waals surface area contributed by atoms with Crippen molar-refractivity contribution in [3.05, 3.63) is 21.3 Å². The molecule has 5 nitrogen and oxygen atoms in total. The summed E-state index contributed by atoms with van der Waals surface area (Å²) in [5, 5.41) is 12.1. The largest absolute Gasteiger partial charge is 0.480 e. The highest BCUT2D eigenvalue weighted by Gasteiger charge is 2.42. The Morgan fingerprint density at radius 1 is 1.45 bits per heavy atom. The summed E-state index contributed by atoms with van der Waals surface area (Å²) in [6, 6.07) is 3.52. The van der Waals surface area contributed by atoms with E-state index in [0.29, 0.717) is 17.6 Å². The summed E-state index contributed by atoms with van der Waals surface area (Å²) in [5.41, 5.74) is -1.22. The summed E-state index contributed by atoms with van der Waals surface area (Å²) >= 11 is 7.18. The number of carbonyl (C=O) groups excluding carboxylic acids is 1. The van der Waals surface area contributed by atoms with E-state index in [2.05, 4.69) is 5.32 Å². The van der Waals surface area contributed by atoms with E-state index in [1.165, 1.54) is 11.3 Å². The Labute approximate surface area is 125 Å². The quantitative estimate of drug-likeness (QED) is 0.893. The minimum atomic E-state index is -1.22. The van der Waals surface area contributed by atoms with Gasteiger partial charge < -0.3 is 15.2 Å². The van der Waals surface area contributed by atoms with E-state index in [9.17, 15) is 14.7 Å². The van der Waals surface area contributed by atoms with E-state index in [0.717, 1.165) is 4.88 Å². The second-order valence-electron chi connectivity index (χ2n) is 4.85. The molecule has 2 heterocycles. The summed E-state index contributed by atoms with van der Waals surface area (Å²) in [5.74, 6) is -1.73. The minimum Gasteiger partial charge on any atom is -0.480 e. The zero-order valence-corrected chi connectivity index (χ0v) is 12.6. The van der Waals surface area contributed by atoms with Gasteiger partial charge >= 0.3 is 5.97 Å². The number of nitrogens with one attached hydrogen (secondary N) is 1. The van der Waals surface area contributed by atoms with Crippen LogP contribution in [0.3, 0.4) is 0 Å². The number of carboxylic acids is 1. The average molecular weight is 318 g/mol. The molecule has 0 aliphatic carbocycles. The molecule has 0 radical (unpaired) electrons. The van der Waals surface area contributed by atoms with Gasteiger partial charge in [0.2, 0.25) is 5.91 Å². The topological polar surface area (TPSA) is 75.6 Å². The third-order valence-corrected chi connectivity index (χ3v) is 4.95. The molecule has 0 aromatic carbocycles. The second-order valence-corrected chi connectivity index (χ2v) is 6.60. The predicted octanol–water partition coefficient (Wildman–Crippen LogP) is 2.25. The van der Waals surface area contributed by atoms with Gasteiger partial charge in [-0.05, 0) is 19.1 Å². The Bertz CT molecular complexity index is 510. The van der Waals surface area contributed by atoms with Crippen molar-refractivity contribution in [2.45, 2.75) is 31.2 Å². The number of aliphatic carboxylic acids is 1. The lowest BCUT2D eigenvalue weighted by molar-refractivity contribution is -0.152. The Morgan fingerprint density at radius 2 is 2.10 bits per heavy atom. The summed E-state index contributed by atoms with van der Waals surface area (Å²) < 4.78 is 5.78. The third-order valence-electron chi connectivity index (χ3n) is 3.53. The molecule has 1 aliphatic rings. The first-order valence-electron chi connectivity index (χ1n) is 6.33. The van der Waals surface area contributed by atoms with Crippen molar-refractivity contribution < 1.29 is 19.4 Å². The first-order chi connectivity index (χ1) is 9.44. The molecule has 1 amide bonds. The molecule has 2 N–H and O–H groups in total. The van der Waals surface area contributed by atoms with Crippen LogP contribution in [-0.4, -0.2) is 35.7 Å². The molecule has 0 saturated carbocycles. The van der Waals surface area contributed by atoms with Gasteiger partial charge in [-0.2, -0.15) is 0 Å². The molecule has 20 heavy (non-hydrogen) atoms. The molecule has 1 aromatic heterocycles. The molecular weight excluding hydrogens is 302 g/mol. The fraction of sp³-hybridized carbons (Fsp3) is 0.538. The van der Waals surface area contributed by atoms with Crippen LogP contribution in [0.2, 0.25) is 4.34 Å². The number of thiophene rings is 1. The van der Waals surface area contributed by atoms with Crippen molar-refractivity contribution in [1.82, 2.24) is 5.32 Å². The molecule has 1 unspecified atom stereocenters. The van der Waals surface area contributed by atoms with Gasteiger partial charge in [0, 0.05) is 30.9 Å². The maximum absolute atomic E-state index is 12.3. The smallest absolute Gasteiger partial charge is 0.329 e. The monoisotopic (exact) mass is 317 g/mol. The Hall–Kier alpha value is -1.11. The van der Waals surface area contributed by atoms with Crippen molar-refractivity contribution in [2.24, 2.45) is 0 Å². The van der Waals surface area contributed by atoms with Gasteiger partial charge in [0.15, 0.2) is 0 Å². The van der Waals surface area contributed by atoms with E-state index >= 15 is 0 Å². The third kappa shape index (κ3) is 3.13. The van der Waals surface area contributed by atoms with Crippen LogP contribution in [0.4, 0.5) is 0 Å². The first kappa shape index (κ1) is 15.3. The number of amides is 1. The summed E-state index contributed by atoms with van der Waals surface area (Å²) in [7, 11) is 0. The van der Waals surface area contributed by atoms with Crippen LogP contribution < -0.4 is 5.32 Å². The maximum atomic E-state index is 12.3. The van der Waals surface area contributed by atoms with Gasteiger partial charge in [-0.25, -0.2) is 4.79 Å². The molecule has 2 rings (SSSR count). The number of carbonyl (C=O) groups is 2. The molecule has 0 bridgehead atoms. The highest BCUT2D eigenvalue weighted by atomic mass is 35.5. The van der Waals surface area contributed by atoms with E-state index in [1.54, 1.807) is 19.1 Å². The van der Waals surface area contributed by atoms with Crippen molar-refractivity contribution in [3.63, 3.8) is 0 Å². The lowest BCUT2D eigenvalue weighted by Crippen LogP contribution is -2.58. The molecule has 1 aliphatic heterocycles. The van der Waals surface area contributed by atoms with Gasteiger partial charge in [0.25, 0.3) is 0 Å². The maximum Gasteiger partial charge on any atom is 0.329 e. The summed E-state index contributed by atoms with van der Waals surface area (Å²) in [6.07, 6.45) is 0.567. The molecule has 110 valence electrons. The van der Waals surface area contributed by atoms with Crippen LogP contribution in [0, 0.1) is 0 Å². The van der Waals surface area contributed by atoms with E-state index < -0.39 is 17.4 Å². The first-order valence-corrected chi connectivity index (χ1v) is 7.52. The predicted molar refractivity (Wildman–Crippen MR) is 76.3 cm³/mol. The van der Waals surface area contributed by atoms with Crippen LogP contribution in [-0.2, 0) is 14.3 Å². The zero-order chi connectivity index (χ0) is 14.8. The molecular formula is C13H16ClNO4S. The van der Waals surface area contributed by atoms with Crippen LogP contribution in [0.15, 0.2) is 12.1 Å². The van der Waals surface area contributed by atoms with E-state index in [-0.39, 0.29) is 18.7 Å². The van der Waals surface area contributed by atoms with Gasteiger partial charge in [-0.3, -0.25) is 4.79 Å². The van der Waals surface area contributed by atoms with E-state index in [1.807, 2.05) is 0 Å². The highest BCUT2D eigenvalue weighted by Crippen LogP contribution is 2.29. The molecule has 0 spiro atoms. The van der Waals surface area contributed by atoms with Crippen LogP contribution >= 0.6 is 22.9 Å². The normalized spacial score (nSPS) is 19.3. The van der Waals surface area contributed by atoms with Crippen LogP contribution in [0.1, 0.15) is 30.6 Å². The Morgan fingerprint density at radius 3 is 2.60 bits per heavy atom. The average Bonchev–Trinajstić information content (AvgIpc) is 2.85. The SMILES string of the molecule is CC(C(=O)NC1(C(=O)O)CCOCC1)c1ccc(Cl)s1. The second kappa shape index (κ2) is 6.11. The summed E-state index contributed by atoms with van der Waals surface area (Å²) in [4.78, 5) is 24.6. The molecule has 1 atom stereocenters. The lowest BCUT2D eigenvalue weighted by atomic mass is 9.89. The zero-order valence-electron chi connectivity index (χ0n) is 11.0. The van der Waals surface area contributed by atoms with Gasteiger partial charge in [0.1, 0.15) is 5.54 Å². The number of ether oxygens (including phenoxy) is 1. The van der Waals surface area contributed by atoms with Gasteiger partial charge in [0.05, 0.1) is 10.3 Å². The van der Waals surface area contributed by atoms with Crippen LogP contribution in [0.5, 0.6) is 0 Å². The fourth-order valence-electron chi connectivity index (χ4n) is 2.15. The molecule has 7 heteroatoms. The number of hydrogen-bond donors (Lipinski definition) is 2. The highest BCUT2D eigenvalue weighted by molar-refractivity contribution is 7.16. The van der Waals surface area contributed by atoms with Crippen LogP contribution in [0.25, 0.3) is 0 Å². The number of hydrogen-bond acceptors (Lipinski definition) is 4. The molecule has 1 saturated heterocycles. The number of carboxylic acid groups (broad SMARTS) is 1. The molecule has 1 fully saturated rings. The van der Waals surface area contributed by atoms with Crippen molar-refractivity contribution in [2.75, 3.05) is 13.2 Å². The Kier molecular flexibility index (Phi) is 4.67. The van der Waals surface area contributed by atoms with E-state index in [4.69, 9.17) is 16.3 Å². The van der Waals surface area contributed by atoms with Gasteiger partial charge in [-0.1, -0.05) is 11.6 Å². The van der Waals surface area contributed by atoms with Gasteiger partial charge in [-0.15, -0.1) is 11.3 Å². The Balaban J connectivity index is 2.10. The van der Waals surface area contributed by atoms with Crippen molar-refractivity contribution in [1.29, 1.82) is 0 Å². The standard InChI is InChI=1S/C13H16ClNO4S/c1-8(9-2-3-10(14)20-9)11(16)15-13(12(17)18)4-6-19-7-5-13/h2-3,8H,4-7H2,1H3,(H,15,16)(H,17,18). The number of rotatable bonds is 4. The summed E-state index contributed by atoms with van der Waals surface area (Å²) in [6.45, 7) is 2.42. The number of halogens is 1. The van der Waals surface area contributed by atoms with Crippen molar-refractivity contribution in [3.8, 4) is 0 Å². The van der Waals surface area contributed by atoms with Crippen molar-refractivity contribution >= 4 is 34.8 Å².